The third-order valence-corrected chi connectivity index (χ3v) is 3.18. The highest BCUT2D eigenvalue weighted by Gasteiger charge is 2.12. The van der Waals surface area contributed by atoms with Gasteiger partial charge in [0.1, 0.15) is 5.82 Å². The van der Waals surface area contributed by atoms with Crippen molar-refractivity contribution in [1.82, 2.24) is 9.78 Å². The Morgan fingerprint density at radius 3 is 2.74 bits per heavy atom. The van der Waals surface area contributed by atoms with E-state index in [2.05, 4.69) is 21.0 Å². The van der Waals surface area contributed by atoms with Crippen LogP contribution in [0.1, 0.15) is 35.9 Å². The van der Waals surface area contributed by atoms with Crippen LogP contribution in [0.5, 0.6) is 0 Å². The van der Waals surface area contributed by atoms with E-state index in [9.17, 15) is 9.18 Å². The van der Waals surface area contributed by atoms with E-state index in [-0.39, 0.29) is 18.2 Å². The minimum absolute atomic E-state index is 0.144. The number of aromatic nitrogens is 2. The van der Waals surface area contributed by atoms with E-state index in [1.807, 2.05) is 26.1 Å². The van der Waals surface area contributed by atoms with E-state index >= 15 is 0 Å². The lowest BCUT2D eigenvalue weighted by molar-refractivity contribution is 0.0991. The number of ketones is 1. The smallest absolute Gasteiger partial charge is 0.169 e. The molecule has 1 aromatic carbocycles. The molecule has 3 nitrogen and oxygen atoms in total. The topological polar surface area (TPSA) is 34.9 Å². The molecule has 2 aromatic rings. The number of benzene rings is 1. The van der Waals surface area contributed by atoms with Gasteiger partial charge in [0.25, 0.3) is 0 Å². The van der Waals surface area contributed by atoms with Gasteiger partial charge < -0.3 is 0 Å². The van der Waals surface area contributed by atoms with Gasteiger partial charge >= 0.3 is 0 Å². The summed E-state index contributed by atoms with van der Waals surface area (Å²) < 4.78 is 15.6. The number of halogens is 2. The van der Waals surface area contributed by atoms with Gasteiger partial charge in [0.15, 0.2) is 5.78 Å². The monoisotopic (exact) mass is 324 g/mol. The molecular formula is C14H14BrFN2O. The fourth-order valence-corrected chi connectivity index (χ4v) is 2.21. The van der Waals surface area contributed by atoms with Crippen LogP contribution in [-0.4, -0.2) is 15.6 Å². The van der Waals surface area contributed by atoms with Crippen molar-refractivity contribution in [2.24, 2.45) is 0 Å². The van der Waals surface area contributed by atoms with Gasteiger partial charge in [-0.2, -0.15) is 5.10 Å². The number of rotatable bonds is 4. The zero-order chi connectivity index (χ0) is 14.0. The Hall–Kier alpha value is -1.49. The van der Waals surface area contributed by atoms with Crippen molar-refractivity contribution in [3.63, 3.8) is 0 Å². The third kappa shape index (κ3) is 3.50. The SMILES string of the molecule is CC(C)n1ccc(CC(=O)c2cc(F)cc(Br)c2)n1. The lowest BCUT2D eigenvalue weighted by Crippen LogP contribution is -2.07. The Morgan fingerprint density at radius 1 is 1.42 bits per heavy atom. The Bertz CT molecular complexity index is 587. The highest BCUT2D eigenvalue weighted by molar-refractivity contribution is 9.10. The van der Waals surface area contributed by atoms with E-state index in [4.69, 9.17) is 0 Å². The van der Waals surface area contributed by atoms with Gasteiger partial charge in [-0.1, -0.05) is 15.9 Å². The van der Waals surface area contributed by atoms with Crippen LogP contribution in [0.25, 0.3) is 0 Å². The molecule has 0 saturated carbocycles. The molecule has 0 fully saturated rings. The van der Waals surface area contributed by atoms with E-state index in [1.54, 1.807) is 10.7 Å². The summed E-state index contributed by atoms with van der Waals surface area (Å²) in [6, 6.07) is 6.25. The first-order valence-electron chi connectivity index (χ1n) is 5.99. The van der Waals surface area contributed by atoms with Gasteiger partial charge in [0.05, 0.1) is 12.1 Å². The molecule has 0 spiro atoms. The molecule has 100 valence electrons. The van der Waals surface area contributed by atoms with Gasteiger partial charge in [0, 0.05) is 22.3 Å². The van der Waals surface area contributed by atoms with Gasteiger partial charge in [-0.05, 0) is 38.1 Å². The molecule has 1 aromatic heterocycles. The van der Waals surface area contributed by atoms with Crippen molar-refractivity contribution in [1.29, 1.82) is 0 Å². The van der Waals surface area contributed by atoms with Crippen LogP contribution in [-0.2, 0) is 6.42 Å². The Morgan fingerprint density at radius 2 is 2.16 bits per heavy atom. The number of Topliss-reactive ketones (excluding diaryl/α,β-unsaturated/α-hetero) is 1. The minimum atomic E-state index is -0.426. The molecule has 0 aliphatic heterocycles. The maximum atomic E-state index is 13.2. The van der Waals surface area contributed by atoms with Crippen molar-refractivity contribution in [2.45, 2.75) is 26.3 Å². The van der Waals surface area contributed by atoms with Crippen molar-refractivity contribution in [2.75, 3.05) is 0 Å². The number of carbonyl (C=O) groups is 1. The van der Waals surface area contributed by atoms with E-state index in [1.165, 1.54) is 12.1 Å². The van der Waals surface area contributed by atoms with E-state index in [0.717, 1.165) is 0 Å². The standard InChI is InChI=1S/C14H14BrFN2O/c1-9(2)18-4-3-13(17-18)8-14(19)10-5-11(15)7-12(16)6-10/h3-7,9H,8H2,1-2H3. The van der Waals surface area contributed by atoms with Crippen LogP contribution in [0.15, 0.2) is 34.9 Å². The summed E-state index contributed by atoms with van der Waals surface area (Å²) in [5, 5.41) is 4.31. The molecule has 19 heavy (non-hydrogen) atoms. The molecule has 0 unspecified atom stereocenters. The first-order valence-corrected chi connectivity index (χ1v) is 6.78. The molecule has 0 aliphatic rings. The largest absolute Gasteiger partial charge is 0.294 e. The highest BCUT2D eigenvalue weighted by Crippen LogP contribution is 2.16. The van der Waals surface area contributed by atoms with Gasteiger partial charge in [-0.3, -0.25) is 9.48 Å². The molecule has 0 radical (unpaired) electrons. The first kappa shape index (κ1) is 13.9. The molecule has 2 rings (SSSR count). The average molecular weight is 325 g/mol. The lowest BCUT2D eigenvalue weighted by Gasteiger charge is -2.04. The zero-order valence-electron chi connectivity index (χ0n) is 10.7. The Kier molecular flexibility index (Phi) is 4.14. The number of nitrogens with zero attached hydrogens (tertiary/aromatic N) is 2. The summed E-state index contributed by atoms with van der Waals surface area (Å²) in [7, 11) is 0. The second-order valence-corrected chi connectivity index (χ2v) is 5.55. The predicted octanol–water partition coefficient (Wildman–Crippen LogP) is 3.79. The van der Waals surface area contributed by atoms with Crippen LogP contribution < -0.4 is 0 Å². The van der Waals surface area contributed by atoms with E-state index < -0.39 is 5.82 Å². The molecule has 0 bridgehead atoms. The van der Waals surface area contributed by atoms with Crippen LogP contribution >= 0.6 is 15.9 Å². The van der Waals surface area contributed by atoms with Crippen molar-refractivity contribution >= 4 is 21.7 Å². The summed E-state index contributed by atoms with van der Waals surface area (Å²) in [5.74, 6) is -0.570. The second-order valence-electron chi connectivity index (χ2n) is 4.64. The molecule has 0 aliphatic carbocycles. The van der Waals surface area contributed by atoms with Crippen LogP contribution in [0.4, 0.5) is 4.39 Å². The predicted molar refractivity (Wildman–Crippen MR) is 74.7 cm³/mol. The summed E-state index contributed by atoms with van der Waals surface area (Å²) in [5.41, 5.74) is 1.05. The highest BCUT2D eigenvalue weighted by atomic mass is 79.9. The fourth-order valence-electron chi connectivity index (χ4n) is 1.74. The van der Waals surface area contributed by atoms with Crippen molar-refractivity contribution in [3.8, 4) is 0 Å². The first-order chi connectivity index (χ1) is 8.95. The normalized spacial score (nSPS) is 11.0. The van der Waals surface area contributed by atoms with Crippen molar-refractivity contribution < 1.29 is 9.18 Å². The summed E-state index contributed by atoms with van der Waals surface area (Å²) in [4.78, 5) is 12.1. The quantitative estimate of drug-likeness (QED) is 0.802. The van der Waals surface area contributed by atoms with Crippen LogP contribution in [0.2, 0.25) is 0 Å². The van der Waals surface area contributed by atoms with Crippen LogP contribution in [0.3, 0.4) is 0 Å². The molecular weight excluding hydrogens is 311 g/mol. The second kappa shape index (κ2) is 5.65. The fraction of sp³-hybridized carbons (Fsp3) is 0.286. The maximum absolute atomic E-state index is 13.2. The number of hydrogen-bond donors (Lipinski definition) is 0. The minimum Gasteiger partial charge on any atom is -0.294 e. The zero-order valence-corrected chi connectivity index (χ0v) is 12.3. The molecule has 0 saturated heterocycles. The molecule has 0 amide bonds. The summed E-state index contributed by atoms with van der Waals surface area (Å²) in [6.45, 7) is 4.03. The third-order valence-electron chi connectivity index (χ3n) is 2.72. The molecule has 5 heteroatoms. The van der Waals surface area contributed by atoms with Crippen LogP contribution in [0, 0.1) is 5.82 Å². The van der Waals surface area contributed by atoms with Crippen molar-refractivity contribution in [3.05, 3.63) is 52.0 Å². The van der Waals surface area contributed by atoms with Gasteiger partial charge in [-0.15, -0.1) is 0 Å². The molecule has 0 atom stereocenters. The van der Waals surface area contributed by atoms with Gasteiger partial charge in [0.2, 0.25) is 0 Å². The van der Waals surface area contributed by atoms with E-state index in [0.29, 0.717) is 15.7 Å². The Balaban J connectivity index is 2.15. The molecule has 0 N–H and O–H groups in total. The average Bonchev–Trinajstić information content (AvgIpc) is 2.76. The Labute approximate surface area is 119 Å². The maximum Gasteiger partial charge on any atom is 0.169 e. The molecule has 1 heterocycles. The number of carbonyl (C=O) groups excluding carboxylic acids is 1. The van der Waals surface area contributed by atoms with Gasteiger partial charge in [-0.25, -0.2) is 4.39 Å². The number of hydrogen-bond acceptors (Lipinski definition) is 2. The summed E-state index contributed by atoms with van der Waals surface area (Å²) >= 11 is 3.18. The lowest BCUT2D eigenvalue weighted by atomic mass is 10.1. The summed E-state index contributed by atoms with van der Waals surface area (Å²) in [6.07, 6.45) is 2.02.